The molecule has 0 bridgehead atoms. The highest BCUT2D eigenvalue weighted by molar-refractivity contribution is 5.69. The van der Waals surface area contributed by atoms with Crippen molar-refractivity contribution in [3.63, 3.8) is 0 Å². The lowest BCUT2D eigenvalue weighted by Crippen LogP contribution is -2.07. The lowest BCUT2D eigenvalue weighted by Gasteiger charge is -2.06. The summed E-state index contributed by atoms with van der Waals surface area (Å²) in [5, 5.41) is 0. The van der Waals surface area contributed by atoms with Gasteiger partial charge in [0.2, 0.25) is 0 Å². The Labute approximate surface area is 157 Å². The molecule has 0 rings (SSSR count). The van der Waals surface area contributed by atoms with Gasteiger partial charge in [-0.15, -0.1) is 0 Å². The lowest BCUT2D eigenvalue weighted by molar-refractivity contribution is -0.144. The number of hydrogen-bond donors (Lipinski definition) is 0. The number of carbonyl (C=O) groups is 1. The van der Waals surface area contributed by atoms with E-state index in [1.807, 2.05) is 0 Å². The largest absolute Gasteiger partial charge is 0.466 e. The molecule has 2 heteroatoms. The molecule has 0 atom stereocenters. The van der Waals surface area contributed by atoms with Crippen LogP contribution in [-0.4, -0.2) is 12.6 Å². The van der Waals surface area contributed by atoms with Gasteiger partial charge < -0.3 is 4.74 Å². The summed E-state index contributed by atoms with van der Waals surface area (Å²) in [7, 11) is 0. The first-order valence-electron chi connectivity index (χ1n) is 10.6. The molecule has 0 spiro atoms. The van der Waals surface area contributed by atoms with Crippen molar-refractivity contribution in [2.75, 3.05) is 6.61 Å². The van der Waals surface area contributed by atoms with Crippen LogP contribution in [0, 0.1) is 5.92 Å². The molecule has 0 aromatic rings. The molecule has 146 valence electrons. The van der Waals surface area contributed by atoms with Crippen molar-refractivity contribution in [2.24, 2.45) is 5.92 Å². The zero-order chi connectivity index (χ0) is 18.6. The number of carbonyl (C=O) groups excluding carboxylic acids is 1. The first kappa shape index (κ1) is 23.9. The number of hydrogen-bond acceptors (Lipinski definition) is 2. The van der Waals surface area contributed by atoms with Crippen molar-refractivity contribution in [1.82, 2.24) is 0 Å². The van der Waals surface area contributed by atoms with Gasteiger partial charge in [0.25, 0.3) is 0 Å². The van der Waals surface area contributed by atoms with Crippen molar-refractivity contribution in [3.8, 4) is 0 Å². The van der Waals surface area contributed by atoms with Gasteiger partial charge in [-0.1, -0.05) is 77.2 Å². The van der Waals surface area contributed by atoms with Crippen molar-refractivity contribution >= 4 is 5.97 Å². The van der Waals surface area contributed by atoms with Gasteiger partial charge in [-0.25, -0.2) is 0 Å². The minimum atomic E-state index is -0.0219. The number of unbranched alkanes of at least 4 members (excludes halogenated alkanes) is 8. The minimum Gasteiger partial charge on any atom is -0.466 e. The van der Waals surface area contributed by atoms with Gasteiger partial charge in [0.05, 0.1) is 6.61 Å². The van der Waals surface area contributed by atoms with Crippen LogP contribution in [0.4, 0.5) is 0 Å². The number of esters is 1. The quantitative estimate of drug-likeness (QED) is 0.155. The maximum Gasteiger partial charge on any atom is 0.305 e. The van der Waals surface area contributed by atoms with Crippen molar-refractivity contribution < 1.29 is 9.53 Å². The third-order valence-electron chi connectivity index (χ3n) is 4.29. The molecule has 0 fully saturated rings. The number of allylic oxidation sites excluding steroid dienone is 4. The van der Waals surface area contributed by atoms with Crippen LogP contribution >= 0.6 is 0 Å². The molecule has 0 aliphatic carbocycles. The molecule has 0 saturated carbocycles. The summed E-state index contributed by atoms with van der Waals surface area (Å²) in [5.74, 6) is 0.579. The van der Waals surface area contributed by atoms with Gasteiger partial charge in [0, 0.05) is 6.42 Å². The van der Waals surface area contributed by atoms with Crippen LogP contribution in [0.5, 0.6) is 0 Å². The molecular formula is C23H42O2. The SMILES string of the molecule is CCCCC/C=C\C/C=C\CCCCCCCC(=O)OCCC(C)C. The normalized spacial score (nSPS) is 11.8. The lowest BCUT2D eigenvalue weighted by atomic mass is 10.1. The molecule has 0 saturated heterocycles. The maximum absolute atomic E-state index is 11.5. The summed E-state index contributed by atoms with van der Waals surface area (Å²) in [5.41, 5.74) is 0. The average Bonchev–Trinajstić information content (AvgIpc) is 2.58. The summed E-state index contributed by atoms with van der Waals surface area (Å²) in [4.78, 5) is 11.5. The molecule has 0 amide bonds. The second-order valence-electron chi connectivity index (χ2n) is 7.38. The Morgan fingerprint density at radius 3 is 2.08 bits per heavy atom. The standard InChI is InChI=1S/C23H42O2/c1-4-5-6-7-8-9-10-11-12-13-14-15-16-17-18-19-23(24)25-21-20-22(2)3/h8-9,11-12,22H,4-7,10,13-21H2,1-3H3/b9-8-,12-11-. The fraction of sp³-hybridized carbons (Fsp3) is 0.783. The van der Waals surface area contributed by atoms with E-state index in [1.54, 1.807) is 0 Å². The van der Waals surface area contributed by atoms with Crippen LogP contribution < -0.4 is 0 Å². The van der Waals surface area contributed by atoms with E-state index in [2.05, 4.69) is 45.1 Å². The topological polar surface area (TPSA) is 26.3 Å². The van der Waals surface area contributed by atoms with E-state index in [4.69, 9.17) is 4.74 Å². The fourth-order valence-electron chi connectivity index (χ4n) is 2.56. The van der Waals surface area contributed by atoms with Crippen LogP contribution in [0.2, 0.25) is 0 Å². The Kier molecular flexibility index (Phi) is 18.5. The molecule has 0 aliphatic rings. The Bertz CT molecular complexity index is 342. The van der Waals surface area contributed by atoms with Gasteiger partial charge in [-0.2, -0.15) is 0 Å². The van der Waals surface area contributed by atoms with Crippen molar-refractivity contribution in [1.29, 1.82) is 0 Å². The highest BCUT2D eigenvalue weighted by Crippen LogP contribution is 2.09. The first-order chi connectivity index (χ1) is 12.2. The molecule has 0 aromatic carbocycles. The molecular weight excluding hydrogens is 308 g/mol. The predicted molar refractivity (Wildman–Crippen MR) is 110 cm³/mol. The summed E-state index contributed by atoms with van der Waals surface area (Å²) in [6.07, 6.45) is 24.1. The smallest absolute Gasteiger partial charge is 0.305 e. The molecule has 0 N–H and O–H groups in total. The van der Waals surface area contributed by atoms with E-state index >= 15 is 0 Å². The van der Waals surface area contributed by atoms with E-state index in [0.29, 0.717) is 18.9 Å². The molecule has 0 aromatic heterocycles. The Morgan fingerprint density at radius 2 is 1.44 bits per heavy atom. The molecule has 2 nitrogen and oxygen atoms in total. The van der Waals surface area contributed by atoms with Gasteiger partial charge in [-0.05, 0) is 50.9 Å². The Morgan fingerprint density at radius 1 is 0.840 bits per heavy atom. The van der Waals surface area contributed by atoms with Crippen molar-refractivity contribution in [3.05, 3.63) is 24.3 Å². The van der Waals surface area contributed by atoms with Crippen LogP contribution in [0.15, 0.2) is 24.3 Å². The highest BCUT2D eigenvalue weighted by atomic mass is 16.5. The second-order valence-corrected chi connectivity index (χ2v) is 7.38. The first-order valence-corrected chi connectivity index (χ1v) is 10.6. The average molecular weight is 351 g/mol. The highest BCUT2D eigenvalue weighted by Gasteiger charge is 2.03. The van der Waals surface area contributed by atoms with E-state index in [0.717, 1.165) is 25.7 Å². The predicted octanol–water partition coefficient (Wildman–Crippen LogP) is 7.39. The molecule has 0 heterocycles. The van der Waals surface area contributed by atoms with Gasteiger partial charge in [-0.3, -0.25) is 4.79 Å². The third kappa shape index (κ3) is 20.9. The number of rotatable bonds is 17. The second kappa shape index (κ2) is 19.3. The van der Waals surface area contributed by atoms with Crippen LogP contribution in [0.1, 0.15) is 104 Å². The number of ether oxygens (including phenoxy) is 1. The summed E-state index contributed by atoms with van der Waals surface area (Å²) < 4.78 is 5.22. The Balaban J connectivity index is 3.27. The third-order valence-corrected chi connectivity index (χ3v) is 4.29. The Hall–Kier alpha value is -1.05. The molecule has 0 aliphatic heterocycles. The molecule has 0 radical (unpaired) electrons. The van der Waals surface area contributed by atoms with E-state index in [9.17, 15) is 4.79 Å². The van der Waals surface area contributed by atoms with E-state index < -0.39 is 0 Å². The zero-order valence-electron chi connectivity index (χ0n) is 17.1. The summed E-state index contributed by atoms with van der Waals surface area (Å²) in [6.45, 7) is 7.12. The van der Waals surface area contributed by atoms with E-state index in [1.165, 1.54) is 51.4 Å². The van der Waals surface area contributed by atoms with Gasteiger partial charge in [0.1, 0.15) is 0 Å². The van der Waals surface area contributed by atoms with Gasteiger partial charge in [0.15, 0.2) is 0 Å². The zero-order valence-corrected chi connectivity index (χ0v) is 17.1. The van der Waals surface area contributed by atoms with Crippen LogP contribution in [0.25, 0.3) is 0 Å². The van der Waals surface area contributed by atoms with Crippen molar-refractivity contribution in [2.45, 2.75) is 104 Å². The summed E-state index contributed by atoms with van der Waals surface area (Å²) in [6, 6.07) is 0. The molecule has 25 heavy (non-hydrogen) atoms. The monoisotopic (exact) mass is 350 g/mol. The maximum atomic E-state index is 11.5. The molecule has 0 unspecified atom stereocenters. The van der Waals surface area contributed by atoms with Gasteiger partial charge >= 0.3 is 5.97 Å². The minimum absolute atomic E-state index is 0.0219. The van der Waals surface area contributed by atoms with Crippen LogP contribution in [-0.2, 0) is 9.53 Å². The van der Waals surface area contributed by atoms with E-state index in [-0.39, 0.29) is 5.97 Å². The summed E-state index contributed by atoms with van der Waals surface area (Å²) >= 11 is 0. The van der Waals surface area contributed by atoms with Crippen LogP contribution in [0.3, 0.4) is 0 Å². The fourth-order valence-corrected chi connectivity index (χ4v) is 2.56.